The third-order valence-electron chi connectivity index (χ3n) is 2.60. The maximum atomic E-state index is 12.0. The molecule has 1 N–H and O–H groups in total. The van der Waals surface area contributed by atoms with Crippen molar-refractivity contribution >= 4 is 5.69 Å². The highest BCUT2D eigenvalue weighted by molar-refractivity contribution is 5.43. The fourth-order valence-corrected chi connectivity index (χ4v) is 1.62. The van der Waals surface area contributed by atoms with Gasteiger partial charge in [0, 0.05) is 12.6 Å². The van der Waals surface area contributed by atoms with Gasteiger partial charge in [0.25, 0.3) is 0 Å². The number of hydrogen-bond donors (Lipinski definition) is 1. The standard InChI is InChI=1S/C14H13F3N2O2/c1-20-13-7-4-11(9-19-13)18-8-10-2-5-12(6-3-10)21-14(15,16)17/h2-7,9,18H,8H2,1H3. The van der Waals surface area contributed by atoms with E-state index in [0.717, 1.165) is 11.3 Å². The van der Waals surface area contributed by atoms with Gasteiger partial charge in [-0.3, -0.25) is 0 Å². The van der Waals surface area contributed by atoms with Gasteiger partial charge < -0.3 is 14.8 Å². The molecule has 1 aromatic carbocycles. The smallest absolute Gasteiger partial charge is 0.481 e. The molecule has 2 aromatic rings. The Bertz CT molecular complexity index is 568. The van der Waals surface area contributed by atoms with Gasteiger partial charge in [-0.15, -0.1) is 13.2 Å². The van der Waals surface area contributed by atoms with Crippen LogP contribution >= 0.6 is 0 Å². The van der Waals surface area contributed by atoms with Crippen molar-refractivity contribution in [3.05, 3.63) is 48.2 Å². The highest BCUT2D eigenvalue weighted by Crippen LogP contribution is 2.23. The van der Waals surface area contributed by atoms with Crippen LogP contribution in [0, 0.1) is 0 Å². The maximum Gasteiger partial charge on any atom is 0.573 e. The van der Waals surface area contributed by atoms with Crippen molar-refractivity contribution in [3.8, 4) is 11.6 Å². The summed E-state index contributed by atoms with van der Waals surface area (Å²) >= 11 is 0. The van der Waals surface area contributed by atoms with E-state index >= 15 is 0 Å². The van der Waals surface area contributed by atoms with Gasteiger partial charge in [-0.05, 0) is 23.8 Å². The summed E-state index contributed by atoms with van der Waals surface area (Å²) in [5, 5.41) is 3.10. The van der Waals surface area contributed by atoms with Crippen LogP contribution in [-0.4, -0.2) is 18.5 Å². The molecule has 1 aromatic heterocycles. The van der Waals surface area contributed by atoms with E-state index in [-0.39, 0.29) is 5.75 Å². The Labute approximate surface area is 119 Å². The van der Waals surface area contributed by atoms with E-state index in [1.165, 1.54) is 19.2 Å². The van der Waals surface area contributed by atoms with E-state index in [9.17, 15) is 13.2 Å². The van der Waals surface area contributed by atoms with E-state index in [1.54, 1.807) is 30.5 Å². The van der Waals surface area contributed by atoms with E-state index in [1.807, 2.05) is 0 Å². The molecule has 0 bridgehead atoms. The van der Waals surface area contributed by atoms with Crippen molar-refractivity contribution in [1.82, 2.24) is 4.98 Å². The number of anilines is 1. The van der Waals surface area contributed by atoms with Gasteiger partial charge >= 0.3 is 6.36 Å². The molecular formula is C14H13F3N2O2. The molecular weight excluding hydrogens is 285 g/mol. The number of ether oxygens (including phenoxy) is 2. The first kappa shape index (κ1) is 15.0. The Morgan fingerprint density at radius 2 is 1.81 bits per heavy atom. The first-order chi connectivity index (χ1) is 9.96. The largest absolute Gasteiger partial charge is 0.573 e. The minimum atomic E-state index is -4.67. The average molecular weight is 298 g/mol. The van der Waals surface area contributed by atoms with Crippen molar-refractivity contribution in [1.29, 1.82) is 0 Å². The van der Waals surface area contributed by atoms with E-state index in [0.29, 0.717) is 12.4 Å². The van der Waals surface area contributed by atoms with Gasteiger partial charge in [0.05, 0.1) is 19.0 Å². The normalized spacial score (nSPS) is 11.0. The minimum Gasteiger partial charge on any atom is -0.481 e. The summed E-state index contributed by atoms with van der Waals surface area (Å²) in [4.78, 5) is 4.03. The quantitative estimate of drug-likeness (QED) is 0.916. The van der Waals surface area contributed by atoms with Crippen LogP contribution in [0.15, 0.2) is 42.6 Å². The molecule has 0 saturated carbocycles. The van der Waals surface area contributed by atoms with Crippen molar-refractivity contribution in [3.63, 3.8) is 0 Å². The Balaban J connectivity index is 1.91. The highest BCUT2D eigenvalue weighted by atomic mass is 19.4. The topological polar surface area (TPSA) is 43.4 Å². The van der Waals surface area contributed by atoms with Crippen LogP contribution in [0.25, 0.3) is 0 Å². The molecule has 0 amide bonds. The lowest BCUT2D eigenvalue weighted by Crippen LogP contribution is -2.17. The third kappa shape index (κ3) is 4.87. The maximum absolute atomic E-state index is 12.0. The number of methoxy groups -OCH3 is 1. The van der Waals surface area contributed by atoms with Crippen LogP contribution in [0.3, 0.4) is 0 Å². The van der Waals surface area contributed by atoms with Gasteiger partial charge in [-0.25, -0.2) is 4.98 Å². The molecule has 112 valence electrons. The predicted octanol–water partition coefficient (Wildman–Crippen LogP) is 3.60. The summed E-state index contributed by atoms with van der Waals surface area (Å²) in [6.07, 6.45) is -3.06. The van der Waals surface area contributed by atoms with Crippen molar-refractivity contribution in [2.75, 3.05) is 12.4 Å². The molecule has 0 aliphatic heterocycles. The first-order valence-electron chi connectivity index (χ1n) is 6.05. The summed E-state index contributed by atoms with van der Waals surface area (Å²) in [7, 11) is 1.53. The number of benzene rings is 1. The number of alkyl halides is 3. The summed E-state index contributed by atoms with van der Waals surface area (Å²) in [5.41, 5.74) is 1.60. The van der Waals surface area contributed by atoms with E-state index < -0.39 is 6.36 Å². The Morgan fingerprint density at radius 1 is 1.10 bits per heavy atom. The number of aromatic nitrogens is 1. The van der Waals surface area contributed by atoms with E-state index in [4.69, 9.17) is 4.74 Å². The molecule has 0 radical (unpaired) electrons. The van der Waals surface area contributed by atoms with Gasteiger partial charge in [0.2, 0.25) is 5.88 Å². The van der Waals surface area contributed by atoms with Gasteiger partial charge in [0.1, 0.15) is 5.75 Å². The number of rotatable bonds is 5. The third-order valence-corrected chi connectivity index (χ3v) is 2.60. The van der Waals surface area contributed by atoms with Crippen LogP contribution < -0.4 is 14.8 Å². The second kappa shape index (κ2) is 6.34. The summed E-state index contributed by atoms with van der Waals surface area (Å²) in [6.45, 7) is 0.459. The molecule has 7 heteroatoms. The van der Waals surface area contributed by atoms with Crippen LogP contribution in [0.4, 0.5) is 18.9 Å². The number of halogens is 3. The van der Waals surface area contributed by atoms with Gasteiger partial charge in [-0.2, -0.15) is 0 Å². The zero-order chi connectivity index (χ0) is 15.3. The predicted molar refractivity (Wildman–Crippen MR) is 71.2 cm³/mol. The lowest BCUT2D eigenvalue weighted by Gasteiger charge is -2.10. The van der Waals surface area contributed by atoms with Crippen LogP contribution in [0.1, 0.15) is 5.56 Å². The molecule has 4 nitrogen and oxygen atoms in total. The molecule has 0 saturated heterocycles. The monoisotopic (exact) mass is 298 g/mol. The molecule has 0 unspecified atom stereocenters. The van der Waals surface area contributed by atoms with E-state index in [2.05, 4.69) is 15.0 Å². The first-order valence-corrected chi connectivity index (χ1v) is 6.05. The fraction of sp³-hybridized carbons (Fsp3) is 0.214. The second-order valence-electron chi connectivity index (χ2n) is 4.13. The summed E-state index contributed by atoms with van der Waals surface area (Å²) < 4.78 is 44.8. The number of nitrogens with one attached hydrogen (secondary N) is 1. The van der Waals surface area contributed by atoms with Gasteiger partial charge in [-0.1, -0.05) is 12.1 Å². The molecule has 2 rings (SSSR count). The summed E-state index contributed by atoms with van der Waals surface area (Å²) in [5.74, 6) is 0.270. The molecule has 0 fully saturated rings. The zero-order valence-corrected chi connectivity index (χ0v) is 11.1. The van der Waals surface area contributed by atoms with Crippen LogP contribution in [0.2, 0.25) is 0 Å². The number of pyridine rings is 1. The number of nitrogens with zero attached hydrogens (tertiary/aromatic N) is 1. The molecule has 0 atom stereocenters. The SMILES string of the molecule is COc1ccc(NCc2ccc(OC(F)(F)F)cc2)cn1. The average Bonchev–Trinajstić information content (AvgIpc) is 2.45. The molecule has 21 heavy (non-hydrogen) atoms. The molecule has 0 spiro atoms. The van der Waals surface area contributed by atoms with Crippen molar-refractivity contribution in [2.24, 2.45) is 0 Å². The fourth-order valence-electron chi connectivity index (χ4n) is 1.62. The van der Waals surface area contributed by atoms with Gasteiger partial charge in [0.15, 0.2) is 0 Å². The second-order valence-corrected chi connectivity index (χ2v) is 4.13. The lowest BCUT2D eigenvalue weighted by molar-refractivity contribution is -0.274. The Morgan fingerprint density at radius 3 is 2.33 bits per heavy atom. The molecule has 1 heterocycles. The minimum absolute atomic E-state index is 0.239. The Hall–Kier alpha value is -2.44. The van der Waals surface area contributed by atoms with Crippen molar-refractivity contribution in [2.45, 2.75) is 12.9 Å². The zero-order valence-electron chi connectivity index (χ0n) is 11.1. The van der Waals surface area contributed by atoms with Crippen LogP contribution in [-0.2, 0) is 6.54 Å². The molecule has 0 aliphatic carbocycles. The molecule has 0 aliphatic rings. The van der Waals surface area contributed by atoms with Crippen molar-refractivity contribution < 1.29 is 22.6 Å². The lowest BCUT2D eigenvalue weighted by atomic mass is 10.2. The number of hydrogen-bond acceptors (Lipinski definition) is 4. The Kier molecular flexibility index (Phi) is 4.52. The summed E-state index contributed by atoms with van der Waals surface area (Å²) in [6, 6.07) is 9.18. The highest BCUT2D eigenvalue weighted by Gasteiger charge is 2.30. The van der Waals surface area contributed by atoms with Crippen LogP contribution in [0.5, 0.6) is 11.6 Å².